The Morgan fingerprint density at radius 1 is 1.11 bits per heavy atom. The summed E-state index contributed by atoms with van der Waals surface area (Å²) in [5.41, 5.74) is 2.67. The van der Waals surface area contributed by atoms with Crippen LogP contribution in [-0.2, 0) is 14.3 Å². The molecule has 0 bridgehead atoms. The van der Waals surface area contributed by atoms with Crippen LogP contribution in [0.15, 0.2) is 48.5 Å². The molecule has 2 aromatic rings. The van der Waals surface area contributed by atoms with Crippen molar-refractivity contribution >= 4 is 5.91 Å². The van der Waals surface area contributed by atoms with Crippen LogP contribution in [-0.4, -0.2) is 30.8 Å². The van der Waals surface area contributed by atoms with Gasteiger partial charge in [-0.05, 0) is 54.5 Å². The van der Waals surface area contributed by atoms with Crippen molar-refractivity contribution in [3.63, 3.8) is 0 Å². The molecular weight excluding hydrogens is 357 g/mol. The summed E-state index contributed by atoms with van der Waals surface area (Å²) >= 11 is 0. The molecule has 0 radical (unpaired) electrons. The quantitative estimate of drug-likeness (QED) is 0.855. The average Bonchev–Trinajstić information content (AvgIpc) is 2.68. The molecule has 2 aliphatic rings. The summed E-state index contributed by atoms with van der Waals surface area (Å²) in [5, 5.41) is 3.10. The normalized spacial score (nSPS) is 24.1. The fourth-order valence-electron chi connectivity index (χ4n) is 4.41. The Hall–Kier alpha value is -2.24. The maximum absolute atomic E-state index is 13.5. The van der Waals surface area contributed by atoms with E-state index in [2.05, 4.69) is 5.32 Å². The largest absolute Gasteiger partial charge is 0.381 e. The average molecular weight is 383 g/mol. The Morgan fingerprint density at radius 3 is 2.54 bits per heavy atom. The maximum atomic E-state index is 13.5. The Morgan fingerprint density at radius 2 is 1.86 bits per heavy atom. The minimum absolute atomic E-state index is 0.00527. The van der Waals surface area contributed by atoms with Gasteiger partial charge in [-0.2, -0.15) is 0 Å². The zero-order valence-corrected chi connectivity index (χ0v) is 16.1. The number of hydrogen-bond acceptors (Lipinski definition) is 3. The van der Waals surface area contributed by atoms with E-state index in [1.54, 1.807) is 13.0 Å². The van der Waals surface area contributed by atoms with Gasteiger partial charge in [-0.1, -0.05) is 36.4 Å². The Kier molecular flexibility index (Phi) is 5.47. The Bertz CT molecular complexity index is 830. The van der Waals surface area contributed by atoms with Crippen LogP contribution in [0.1, 0.15) is 44.3 Å². The van der Waals surface area contributed by atoms with E-state index in [-0.39, 0.29) is 29.5 Å². The number of ether oxygens (including phenoxy) is 2. The SMILES string of the molecule is CC(=O)N[C@@H]1C[C@H](c2ccc(-c3cccc(F)c3)cc2)OC2(CCOCC2)C1. The highest BCUT2D eigenvalue weighted by Gasteiger charge is 2.43. The molecule has 2 saturated heterocycles. The number of carbonyl (C=O) groups excluding carboxylic acids is 1. The summed E-state index contributed by atoms with van der Waals surface area (Å²) in [4.78, 5) is 11.6. The molecule has 148 valence electrons. The van der Waals surface area contributed by atoms with E-state index >= 15 is 0 Å². The third-order valence-electron chi connectivity index (χ3n) is 5.76. The third kappa shape index (κ3) is 4.26. The molecule has 4 rings (SSSR count). The molecule has 2 aromatic carbocycles. The number of carbonyl (C=O) groups is 1. The molecule has 28 heavy (non-hydrogen) atoms. The van der Waals surface area contributed by atoms with Crippen LogP contribution in [0.2, 0.25) is 0 Å². The number of amides is 1. The van der Waals surface area contributed by atoms with Crippen LogP contribution >= 0.6 is 0 Å². The standard InChI is InChI=1S/C23H26FNO3/c1-16(26)25-21-14-22(28-23(15-21)9-11-27-12-10-23)18-7-5-17(6-8-18)19-3-2-4-20(24)13-19/h2-8,13,21-22H,9-12,14-15H2,1H3,(H,25,26)/t21-,22-/m1/s1. The molecule has 2 aliphatic heterocycles. The topological polar surface area (TPSA) is 47.6 Å². The molecule has 0 aliphatic carbocycles. The van der Waals surface area contributed by atoms with E-state index < -0.39 is 0 Å². The first kappa shape index (κ1) is 19.1. The van der Waals surface area contributed by atoms with Gasteiger partial charge in [-0.15, -0.1) is 0 Å². The second-order valence-corrected chi connectivity index (χ2v) is 7.87. The van der Waals surface area contributed by atoms with E-state index in [0.29, 0.717) is 13.2 Å². The minimum atomic E-state index is -0.241. The molecule has 0 aromatic heterocycles. The van der Waals surface area contributed by atoms with Gasteiger partial charge in [-0.3, -0.25) is 4.79 Å². The number of hydrogen-bond donors (Lipinski definition) is 1. The summed E-state index contributed by atoms with van der Waals surface area (Å²) in [6.07, 6.45) is 3.20. The van der Waals surface area contributed by atoms with Crippen molar-refractivity contribution in [1.82, 2.24) is 5.32 Å². The van der Waals surface area contributed by atoms with Gasteiger partial charge in [-0.25, -0.2) is 4.39 Å². The van der Waals surface area contributed by atoms with Crippen molar-refractivity contribution in [3.8, 4) is 11.1 Å². The van der Waals surface area contributed by atoms with E-state index in [0.717, 1.165) is 42.4 Å². The molecule has 1 amide bonds. The zero-order valence-electron chi connectivity index (χ0n) is 16.1. The van der Waals surface area contributed by atoms with Crippen molar-refractivity contribution in [2.24, 2.45) is 0 Å². The lowest BCUT2D eigenvalue weighted by atomic mass is 9.81. The van der Waals surface area contributed by atoms with Gasteiger partial charge < -0.3 is 14.8 Å². The molecule has 2 atom stereocenters. The van der Waals surface area contributed by atoms with Gasteiger partial charge in [0, 0.05) is 26.2 Å². The van der Waals surface area contributed by atoms with Crippen molar-refractivity contribution < 1.29 is 18.7 Å². The molecule has 1 N–H and O–H groups in total. The predicted octanol–water partition coefficient (Wildman–Crippen LogP) is 4.40. The zero-order chi connectivity index (χ0) is 19.6. The van der Waals surface area contributed by atoms with E-state index in [9.17, 15) is 9.18 Å². The van der Waals surface area contributed by atoms with Crippen LogP contribution in [0, 0.1) is 5.82 Å². The van der Waals surface area contributed by atoms with Crippen molar-refractivity contribution in [2.75, 3.05) is 13.2 Å². The highest BCUT2D eigenvalue weighted by molar-refractivity contribution is 5.73. The van der Waals surface area contributed by atoms with Crippen LogP contribution in [0.4, 0.5) is 4.39 Å². The number of benzene rings is 2. The molecule has 1 spiro atoms. The number of rotatable bonds is 3. The molecule has 2 heterocycles. The van der Waals surface area contributed by atoms with Gasteiger partial charge in [0.05, 0.1) is 11.7 Å². The molecular formula is C23H26FNO3. The van der Waals surface area contributed by atoms with Gasteiger partial charge in [0.15, 0.2) is 0 Å². The molecule has 2 fully saturated rings. The fraction of sp³-hybridized carbons (Fsp3) is 0.435. The van der Waals surface area contributed by atoms with Gasteiger partial charge in [0.25, 0.3) is 0 Å². The summed E-state index contributed by atoms with van der Waals surface area (Å²) in [5.74, 6) is -0.244. The first-order valence-electron chi connectivity index (χ1n) is 9.92. The van der Waals surface area contributed by atoms with Crippen LogP contribution in [0.3, 0.4) is 0 Å². The number of nitrogens with one attached hydrogen (secondary N) is 1. The second kappa shape index (κ2) is 8.02. The maximum Gasteiger partial charge on any atom is 0.217 e. The summed E-state index contributed by atoms with van der Waals surface area (Å²) < 4.78 is 25.6. The van der Waals surface area contributed by atoms with E-state index in [4.69, 9.17) is 9.47 Å². The highest BCUT2D eigenvalue weighted by atomic mass is 19.1. The van der Waals surface area contributed by atoms with Crippen LogP contribution in [0.25, 0.3) is 11.1 Å². The summed E-state index contributed by atoms with van der Waals surface area (Å²) in [6.45, 7) is 2.95. The van der Waals surface area contributed by atoms with Crippen LogP contribution in [0.5, 0.6) is 0 Å². The van der Waals surface area contributed by atoms with E-state index in [1.807, 2.05) is 30.3 Å². The first-order valence-corrected chi connectivity index (χ1v) is 9.92. The summed E-state index contributed by atoms with van der Waals surface area (Å²) in [6, 6.07) is 14.8. The molecule has 0 unspecified atom stereocenters. The Balaban J connectivity index is 1.56. The third-order valence-corrected chi connectivity index (χ3v) is 5.76. The van der Waals surface area contributed by atoms with Crippen molar-refractivity contribution in [2.45, 2.75) is 50.4 Å². The lowest BCUT2D eigenvalue weighted by molar-refractivity contribution is -0.179. The molecule has 0 saturated carbocycles. The van der Waals surface area contributed by atoms with Gasteiger partial charge in [0.1, 0.15) is 5.82 Å². The monoisotopic (exact) mass is 383 g/mol. The predicted molar refractivity (Wildman–Crippen MR) is 105 cm³/mol. The van der Waals surface area contributed by atoms with Crippen molar-refractivity contribution in [1.29, 1.82) is 0 Å². The van der Waals surface area contributed by atoms with E-state index in [1.165, 1.54) is 12.1 Å². The van der Waals surface area contributed by atoms with Crippen LogP contribution < -0.4 is 5.32 Å². The van der Waals surface area contributed by atoms with Gasteiger partial charge in [0.2, 0.25) is 5.91 Å². The Labute approximate surface area is 165 Å². The molecule has 4 nitrogen and oxygen atoms in total. The summed E-state index contributed by atoms with van der Waals surface area (Å²) in [7, 11) is 0. The number of halogens is 1. The smallest absolute Gasteiger partial charge is 0.217 e. The van der Waals surface area contributed by atoms with Gasteiger partial charge >= 0.3 is 0 Å². The van der Waals surface area contributed by atoms with Crippen molar-refractivity contribution in [3.05, 3.63) is 59.9 Å². The fourth-order valence-corrected chi connectivity index (χ4v) is 4.41. The molecule has 5 heteroatoms. The lowest BCUT2D eigenvalue weighted by Crippen LogP contribution is -2.51. The second-order valence-electron chi connectivity index (χ2n) is 7.87. The highest BCUT2D eigenvalue weighted by Crippen LogP contribution is 2.42. The minimum Gasteiger partial charge on any atom is -0.381 e. The first-order chi connectivity index (χ1) is 13.5. The lowest BCUT2D eigenvalue weighted by Gasteiger charge is -2.47.